The van der Waals surface area contributed by atoms with Gasteiger partial charge < -0.3 is 18.9 Å². The van der Waals surface area contributed by atoms with Gasteiger partial charge >= 0.3 is 0 Å². The number of thiophene rings is 2. The lowest BCUT2D eigenvalue weighted by Crippen LogP contribution is -2.29. The molecule has 21 aromatic rings. The third-order valence-electron chi connectivity index (χ3n) is 24.1. The Morgan fingerprint density at radius 1 is 0.257 bits per heavy atom. The highest BCUT2D eigenvalue weighted by Gasteiger charge is 2.43. The first-order valence-electron chi connectivity index (χ1n) is 39.2. The van der Waals surface area contributed by atoms with Crippen molar-refractivity contribution < 1.29 is 0 Å². The molecule has 0 bridgehead atoms. The molecule has 0 fully saturated rings. The number of fused-ring (bicyclic) bond motifs is 16. The van der Waals surface area contributed by atoms with Crippen LogP contribution in [0.3, 0.4) is 0 Å². The summed E-state index contributed by atoms with van der Waals surface area (Å²) >= 11 is 3.77. The van der Waals surface area contributed by atoms with Crippen LogP contribution in [0.5, 0.6) is 0 Å². The molecular weight excluding hydrogens is 1410 g/mol. The fraction of sp³-hybridized carbons (Fsp3) is 0.0467. The molecule has 0 radical (unpaired) electrons. The molecule has 0 aliphatic carbocycles. The quantitative estimate of drug-likeness (QED) is 0.136. The number of anilines is 6. The van der Waals surface area contributed by atoms with Gasteiger partial charge in [-0.2, -0.15) is 0 Å². The zero-order valence-corrected chi connectivity index (χ0v) is 64.1. The predicted molar refractivity (Wildman–Crippen MR) is 483 cm³/mol. The summed E-state index contributed by atoms with van der Waals surface area (Å²) in [6, 6.07) is 143. The molecule has 113 heavy (non-hydrogen) atoms. The van der Waals surface area contributed by atoms with Crippen LogP contribution in [-0.4, -0.2) is 9.13 Å². The van der Waals surface area contributed by atoms with Crippen LogP contribution in [0.1, 0.15) is 48.9 Å². The van der Waals surface area contributed by atoms with Crippen LogP contribution in [0.15, 0.2) is 376 Å². The van der Waals surface area contributed by atoms with Gasteiger partial charge in [-0.1, -0.05) is 288 Å². The number of para-hydroxylation sites is 4. The first-order valence-corrected chi connectivity index (χ1v) is 40.8. The Kier molecular flexibility index (Phi) is 14.7. The third-order valence-corrected chi connectivity index (χ3v) is 26.4. The van der Waals surface area contributed by atoms with Gasteiger partial charge in [0.25, 0.3) is 0 Å². The Hall–Kier alpha value is -13.6. The van der Waals surface area contributed by atoms with Crippen molar-refractivity contribution in [2.45, 2.75) is 32.1 Å². The topological polar surface area (TPSA) is 16.3 Å². The molecule has 0 N–H and O–H groups in total. The normalized spacial score (nSPS) is 13.3. The molecule has 2 aliphatic heterocycles. The zero-order valence-electron chi connectivity index (χ0n) is 62.5. The van der Waals surface area contributed by atoms with Crippen molar-refractivity contribution in [1.82, 2.24) is 9.13 Å². The summed E-state index contributed by atoms with van der Waals surface area (Å²) in [5, 5.41) is 9.97. The molecule has 17 aromatic carbocycles. The van der Waals surface area contributed by atoms with Crippen LogP contribution in [0.4, 0.5) is 34.1 Å². The van der Waals surface area contributed by atoms with Crippen molar-refractivity contribution in [2.24, 2.45) is 0 Å². The van der Waals surface area contributed by atoms with Crippen LogP contribution in [0, 0.1) is 0 Å². The highest BCUT2D eigenvalue weighted by Crippen LogP contribution is 2.64. The van der Waals surface area contributed by atoms with Crippen LogP contribution >= 0.6 is 22.7 Å². The number of hydrogen-bond acceptors (Lipinski definition) is 4. The minimum atomic E-state index is -0.277. The molecule has 6 heteroatoms. The van der Waals surface area contributed by atoms with Crippen molar-refractivity contribution in [1.29, 1.82) is 0 Å². The lowest BCUT2D eigenvalue weighted by molar-refractivity contribution is 0.590. The summed E-state index contributed by atoms with van der Waals surface area (Å²) in [7, 11) is 0. The maximum Gasteiger partial charge on any atom is 0.0546 e. The minimum absolute atomic E-state index is 0.0957. The van der Waals surface area contributed by atoms with Gasteiger partial charge in [-0.15, -0.1) is 22.7 Å². The van der Waals surface area contributed by atoms with E-state index in [2.05, 4.69) is 416 Å². The Labute approximate surface area is 663 Å². The Morgan fingerprint density at radius 2 is 0.681 bits per heavy atom. The van der Waals surface area contributed by atoms with E-state index in [1.54, 1.807) is 0 Å². The monoisotopic (exact) mass is 1480 g/mol. The number of rotatable bonds is 10. The van der Waals surface area contributed by atoms with E-state index in [4.69, 9.17) is 0 Å². The third kappa shape index (κ3) is 10.1. The van der Waals surface area contributed by atoms with Gasteiger partial charge in [0, 0.05) is 101 Å². The van der Waals surface area contributed by atoms with E-state index in [1.165, 1.54) is 123 Å². The predicted octanol–water partition coefficient (Wildman–Crippen LogP) is 30.7. The first-order chi connectivity index (χ1) is 55.7. The minimum Gasteiger partial charge on any atom is -0.310 e. The van der Waals surface area contributed by atoms with E-state index in [0.717, 1.165) is 95.5 Å². The standard InChI is InChI=1S/C107H72N4S2/c1-107(2,3)72-54-58-74(59-55-72)108-92-61-53-70(101-80(81-38-25-49-100-103(81)86-35-15-21-48-99(86)112-100)36-23-45-93(101)110-88-41-16-10-30-75(88)76-31-11-17-42-89(76)110)62-87(92)104-85-60-52-69(67-28-8-5-9-29-67)63-95(85)109(73-56-50-68(51-57-73)66-26-6-4-7-27-66)97-65-71(64-96(108)105(97)104)102-82(84-40-22-39-83-79-34-14-20-47-98(79)113-106(83)84)37-24-46-94(102)111-90-43-18-12-32-77(90)78-33-13-19-44-91(78)111/h4-65,104H,1-3H3. The van der Waals surface area contributed by atoms with E-state index in [0.29, 0.717) is 0 Å². The van der Waals surface area contributed by atoms with Crippen molar-refractivity contribution in [3.63, 3.8) is 0 Å². The van der Waals surface area contributed by atoms with E-state index >= 15 is 0 Å². The molecule has 4 aromatic heterocycles. The summed E-state index contributed by atoms with van der Waals surface area (Å²) in [4.78, 5) is 5.26. The van der Waals surface area contributed by atoms with Gasteiger partial charge in [0.15, 0.2) is 0 Å². The molecule has 1 unspecified atom stereocenters. The van der Waals surface area contributed by atoms with Gasteiger partial charge in [-0.05, 0) is 181 Å². The average molecular weight is 1480 g/mol. The van der Waals surface area contributed by atoms with Gasteiger partial charge in [0.05, 0.1) is 56.2 Å². The molecule has 23 rings (SSSR count). The molecule has 0 spiro atoms. The average Bonchev–Trinajstić information content (AvgIpc) is 1.16. The molecule has 532 valence electrons. The van der Waals surface area contributed by atoms with Crippen LogP contribution < -0.4 is 9.80 Å². The van der Waals surface area contributed by atoms with E-state index in [9.17, 15) is 0 Å². The Balaban J connectivity index is 0.864. The van der Waals surface area contributed by atoms with Crippen molar-refractivity contribution in [2.75, 3.05) is 9.80 Å². The van der Waals surface area contributed by atoms with E-state index < -0.39 is 0 Å². The van der Waals surface area contributed by atoms with Gasteiger partial charge in [-0.3, -0.25) is 0 Å². The summed E-state index contributed by atoms with van der Waals surface area (Å²) in [6.45, 7) is 6.97. The highest BCUT2D eigenvalue weighted by atomic mass is 32.1. The molecule has 0 amide bonds. The largest absolute Gasteiger partial charge is 0.310 e. The number of benzene rings is 17. The second-order valence-electron chi connectivity index (χ2n) is 31.4. The van der Waals surface area contributed by atoms with Crippen LogP contribution in [0.2, 0.25) is 0 Å². The molecule has 2 aliphatic rings. The smallest absolute Gasteiger partial charge is 0.0546 e. The fourth-order valence-corrected chi connectivity index (χ4v) is 21.4. The second kappa shape index (κ2) is 25.5. The van der Waals surface area contributed by atoms with Crippen LogP contribution in [-0.2, 0) is 5.41 Å². The lowest BCUT2D eigenvalue weighted by atomic mass is 9.73. The van der Waals surface area contributed by atoms with E-state index in [1.807, 2.05) is 22.7 Å². The molecule has 1 atom stereocenters. The maximum atomic E-state index is 2.64. The molecule has 4 nitrogen and oxygen atoms in total. The molecule has 6 heterocycles. The van der Waals surface area contributed by atoms with Crippen molar-refractivity contribution in [3.05, 3.63) is 398 Å². The van der Waals surface area contributed by atoms with E-state index in [-0.39, 0.29) is 11.3 Å². The number of hydrogen-bond donors (Lipinski definition) is 0. The number of nitrogens with zero attached hydrogens (tertiary/aromatic N) is 4. The SMILES string of the molecule is CC(C)(C)c1ccc(N2c3ccc(-c4c(-c5cccc6sc7ccccc7c56)cccc4-n4c5ccccc5c5ccccc54)cc3C3c4ccc(-c5ccccc5)cc4N(c4ccc(-c5ccccc5)cc4)c4cc(-c5c(-c6cccc7c6sc6ccccc67)cccc5-n5c6ccccc6c6ccccc65)cc2c43)cc1. The molecule has 0 saturated heterocycles. The molecular formula is C107H72N4S2. The van der Waals surface area contributed by atoms with Gasteiger partial charge in [-0.25, -0.2) is 0 Å². The summed E-state index contributed by atoms with van der Waals surface area (Å²) in [6.07, 6.45) is 0. The highest BCUT2D eigenvalue weighted by molar-refractivity contribution is 7.26. The van der Waals surface area contributed by atoms with Gasteiger partial charge in [0.2, 0.25) is 0 Å². The molecule has 0 saturated carbocycles. The maximum absolute atomic E-state index is 2.64. The Morgan fingerprint density at radius 3 is 1.28 bits per heavy atom. The second-order valence-corrected chi connectivity index (χ2v) is 33.5. The first kappa shape index (κ1) is 65.3. The fourth-order valence-electron chi connectivity index (χ4n) is 19.0. The van der Waals surface area contributed by atoms with Gasteiger partial charge in [0.1, 0.15) is 0 Å². The van der Waals surface area contributed by atoms with Crippen molar-refractivity contribution >= 4 is 141 Å². The summed E-state index contributed by atoms with van der Waals surface area (Å²) < 4.78 is 10.2. The Bertz CT molecular complexity index is 7370. The number of aromatic nitrogens is 2. The summed E-state index contributed by atoms with van der Waals surface area (Å²) in [5.74, 6) is -0.277. The van der Waals surface area contributed by atoms with Crippen LogP contribution in [0.25, 0.3) is 162 Å². The van der Waals surface area contributed by atoms with Crippen molar-refractivity contribution in [3.8, 4) is 78.1 Å². The zero-order chi connectivity index (χ0) is 74.7. The summed E-state index contributed by atoms with van der Waals surface area (Å²) in [5.41, 5.74) is 32.4. The lowest BCUT2D eigenvalue weighted by Gasteiger charge is -2.46.